The molecule has 21 heavy (non-hydrogen) atoms. The molecule has 0 saturated carbocycles. The van der Waals surface area contributed by atoms with Gasteiger partial charge in [0, 0.05) is 24.1 Å². The summed E-state index contributed by atoms with van der Waals surface area (Å²) in [6.07, 6.45) is 1.86. The molecular formula is C15H14N2O4. The van der Waals surface area contributed by atoms with E-state index in [0.29, 0.717) is 30.5 Å². The van der Waals surface area contributed by atoms with E-state index in [0.717, 1.165) is 11.8 Å². The average Bonchev–Trinajstić information content (AvgIpc) is 2.48. The number of imide groups is 1. The van der Waals surface area contributed by atoms with Gasteiger partial charge in [0.25, 0.3) is 5.91 Å². The fourth-order valence-corrected chi connectivity index (χ4v) is 2.96. The molecule has 1 fully saturated rings. The Labute approximate surface area is 121 Å². The van der Waals surface area contributed by atoms with Crippen LogP contribution < -0.4 is 5.32 Å². The van der Waals surface area contributed by atoms with Crippen LogP contribution in [0.4, 0.5) is 0 Å². The van der Waals surface area contributed by atoms with E-state index in [1.807, 2.05) is 0 Å². The third-order valence-corrected chi connectivity index (χ3v) is 4.02. The summed E-state index contributed by atoms with van der Waals surface area (Å²) < 4.78 is 0. The molecule has 1 saturated heterocycles. The van der Waals surface area contributed by atoms with E-state index in [1.165, 1.54) is 4.90 Å². The van der Waals surface area contributed by atoms with E-state index in [2.05, 4.69) is 5.32 Å². The summed E-state index contributed by atoms with van der Waals surface area (Å²) in [4.78, 5) is 48.2. The van der Waals surface area contributed by atoms with Crippen LogP contribution >= 0.6 is 0 Å². The van der Waals surface area contributed by atoms with Gasteiger partial charge < -0.3 is 4.90 Å². The number of rotatable bonds is 2. The maximum absolute atomic E-state index is 12.6. The van der Waals surface area contributed by atoms with Gasteiger partial charge in [-0.25, -0.2) is 0 Å². The Kier molecular flexibility index (Phi) is 3.29. The van der Waals surface area contributed by atoms with Crippen molar-refractivity contribution < 1.29 is 19.2 Å². The fourth-order valence-electron chi connectivity index (χ4n) is 2.96. The largest absolute Gasteiger partial charge is 0.326 e. The van der Waals surface area contributed by atoms with E-state index < -0.39 is 11.9 Å². The minimum atomic E-state index is -0.608. The molecule has 1 aromatic carbocycles. The first-order valence-corrected chi connectivity index (χ1v) is 6.83. The minimum absolute atomic E-state index is 0.238. The summed E-state index contributed by atoms with van der Waals surface area (Å²) in [5.41, 5.74) is 1.72. The number of piperidine rings is 1. The zero-order valence-electron chi connectivity index (χ0n) is 11.3. The molecule has 0 radical (unpaired) electrons. The summed E-state index contributed by atoms with van der Waals surface area (Å²) in [5.74, 6) is -0.978. The normalized spacial score (nSPS) is 21.8. The highest BCUT2D eigenvalue weighted by Crippen LogP contribution is 2.25. The van der Waals surface area contributed by atoms with Crippen LogP contribution in [0.2, 0.25) is 0 Å². The van der Waals surface area contributed by atoms with Crippen molar-refractivity contribution >= 4 is 24.0 Å². The van der Waals surface area contributed by atoms with Crippen molar-refractivity contribution in [1.82, 2.24) is 10.2 Å². The highest BCUT2D eigenvalue weighted by atomic mass is 16.2. The van der Waals surface area contributed by atoms with E-state index in [-0.39, 0.29) is 18.2 Å². The van der Waals surface area contributed by atoms with Gasteiger partial charge in [-0.2, -0.15) is 0 Å². The Balaban J connectivity index is 1.91. The van der Waals surface area contributed by atoms with Gasteiger partial charge in [-0.1, -0.05) is 12.1 Å². The molecule has 0 aromatic heterocycles. The van der Waals surface area contributed by atoms with E-state index >= 15 is 0 Å². The lowest BCUT2D eigenvalue weighted by Crippen LogP contribution is -2.56. The predicted octanol–water partition coefficient (Wildman–Crippen LogP) is 0.303. The van der Waals surface area contributed by atoms with Crippen LogP contribution in [0.25, 0.3) is 0 Å². The Morgan fingerprint density at radius 3 is 2.71 bits per heavy atom. The third-order valence-electron chi connectivity index (χ3n) is 4.02. The van der Waals surface area contributed by atoms with Gasteiger partial charge in [-0.3, -0.25) is 24.5 Å². The van der Waals surface area contributed by atoms with Crippen LogP contribution in [0.15, 0.2) is 18.2 Å². The van der Waals surface area contributed by atoms with Crippen LogP contribution in [0.5, 0.6) is 0 Å². The molecule has 3 rings (SSSR count). The van der Waals surface area contributed by atoms with Crippen molar-refractivity contribution in [1.29, 1.82) is 0 Å². The van der Waals surface area contributed by atoms with E-state index in [1.54, 1.807) is 18.2 Å². The maximum Gasteiger partial charge on any atom is 0.254 e. The van der Waals surface area contributed by atoms with Crippen LogP contribution in [0.1, 0.15) is 39.1 Å². The molecule has 108 valence electrons. The summed E-state index contributed by atoms with van der Waals surface area (Å²) >= 11 is 0. The van der Waals surface area contributed by atoms with Gasteiger partial charge in [0.2, 0.25) is 11.8 Å². The smallest absolute Gasteiger partial charge is 0.254 e. The topological polar surface area (TPSA) is 83.6 Å². The molecule has 0 spiro atoms. The molecule has 1 N–H and O–H groups in total. The quantitative estimate of drug-likeness (QED) is 0.626. The third kappa shape index (κ3) is 2.22. The van der Waals surface area contributed by atoms with Crippen LogP contribution in [0, 0.1) is 0 Å². The van der Waals surface area contributed by atoms with Crippen LogP contribution in [0.3, 0.4) is 0 Å². The number of fused-ring (bicyclic) bond motifs is 1. The number of hydrogen-bond acceptors (Lipinski definition) is 4. The molecule has 1 unspecified atom stereocenters. The number of hydrogen-bond donors (Lipinski definition) is 1. The molecule has 1 aromatic rings. The number of carbonyl (C=O) groups excluding carboxylic acids is 4. The molecule has 2 aliphatic rings. The summed E-state index contributed by atoms with van der Waals surface area (Å²) in [6.45, 7) is 0.378. The Hall–Kier alpha value is -2.50. The van der Waals surface area contributed by atoms with Gasteiger partial charge in [0.05, 0.1) is 0 Å². The molecule has 6 heteroatoms. The standard InChI is InChI=1S/C15H14N2O4/c18-8-9-2-1-3-11-10(9)6-7-17(15(11)21)12-4-5-13(19)16-14(12)20/h1-3,8,12H,4-7H2,(H,16,19,20). The van der Waals surface area contributed by atoms with Gasteiger partial charge in [0.1, 0.15) is 12.3 Å². The summed E-state index contributed by atoms with van der Waals surface area (Å²) in [5, 5.41) is 2.27. The Morgan fingerprint density at radius 1 is 1.19 bits per heavy atom. The molecule has 0 bridgehead atoms. The second-order valence-corrected chi connectivity index (χ2v) is 5.21. The highest BCUT2D eigenvalue weighted by molar-refractivity contribution is 6.05. The van der Waals surface area contributed by atoms with Crippen molar-refractivity contribution in [2.45, 2.75) is 25.3 Å². The Bertz CT molecular complexity index is 653. The molecule has 0 aliphatic carbocycles. The molecular weight excluding hydrogens is 272 g/mol. The first kappa shape index (κ1) is 13.5. The average molecular weight is 286 g/mol. The van der Waals surface area contributed by atoms with Crippen LogP contribution in [-0.4, -0.2) is 41.5 Å². The number of nitrogens with zero attached hydrogens (tertiary/aromatic N) is 1. The molecule has 3 amide bonds. The minimum Gasteiger partial charge on any atom is -0.326 e. The number of carbonyl (C=O) groups is 4. The molecule has 2 heterocycles. The van der Waals surface area contributed by atoms with Gasteiger partial charge >= 0.3 is 0 Å². The van der Waals surface area contributed by atoms with Crippen molar-refractivity contribution in [3.05, 3.63) is 34.9 Å². The number of nitrogens with one attached hydrogen (secondary N) is 1. The van der Waals surface area contributed by atoms with Crippen LogP contribution in [-0.2, 0) is 16.0 Å². The monoisotopic (exact) mass is 286 g/mol. The Morgan fingerprint density at radius 2 is 2.00 bits per heavy atom. The molecule has 2 aliphatic heterocycles. The lowest BCUT2D eigenvalue weighted by Gasteiger charge is -2.36. The zero-order chi connectivity index (χ0) is 15.0. The van der Waals surface area contributed by atoms with Crippen molar-refractivity contribution in [3.8, 4) is 0 Å². The van der Waals surface area contributed by atoms with Gasteiger partial charge in [-0.05, 0) is 24.5 Å². The second kappa shape index (κ2) is 5.12. The zero-order valence-corrected chi connectivity index (χ0v) is 11.3. The molecule has 6 nitrogen and oxygen atoms in total. The maximum atomic E-state index is 12.6. The van der Waals surface area contributed by atoms with Gasteiger partial charge in [0.15, 0.2) is 0 Å². The predicted molar refractivity (Wildman–Crippen MR) is 72.7 cm³/mol. The lowest BCUT2D eigenvalue weighted by atomic mass is 9.92. The summed E-state index contributed by atoms with van der Waals surface area (Å²) in [7, 11) is 0. The van der Waals surface area contributed by atoms with Crippen molar-refractivity contribution in [2.75, 3.05) is 6.54 Å². The molecule has 1 atom stereocenters. The number of aldehydes is 1. The SMILES string of the molecule is O=Cc1cccc2c1CCN(C1CCC(=O)NC1=O)C2=O. The highest BCUT2D eigenvalue weighted by Gasteiger charge is 2.37. The van der Waals surface area contributed by atoms with Crippen molar-refractivity contribution in [2.24, 2.45) is 0 Å². The van der Waals surface area contributed by atoms with E-state index in [9.17, 15) is 19.2 Å². The summed E-state index contributed by atoms with van der Waals surface area (Å²) in [6, 6.07) is 4.40. The number of amides is 3. The number of benzene rings is 1. The second-order valence-electron chi connectivity index (χ2n) is 5.21. The van der Waals surface area contributed by atoms with Crippen molar-refractivity contribution in [3.63, 3.8) is 0 Å². The van der Waals surface area contributed by atoms with Gasteiger partial charge in [-0.15, -0.1) is 0 Å². The van der Waals surface area contributed by atoms with E-state index in [4.69, 9.17) is 0 Å². The first-order valence-electron chi connectivity index (χ1n) is 6.83. The fraction of sp³-hybridized carbons (Fsp3) is 0.333. The first-order chi connectivity index (χ1) is 10.1. The lowest BCUT2D eigenvalue weighted by molar-refractivity contribution is -0.136.